The van der Waals surface area contributed by atoms with Gasteiger partial charge in [-0.2, -0.15) is 0 Å². The third-order valence-electron chi connectivity index (χ3n) is 9.33. The maximum atomic E-state index is 12.2. The van der Waals surface area contributed by atoms with Crippen molar-refractivity contribution < 1.29 is 29.8 Å². The average Bonchev–Trinajstić information content (AvgIpc) is 3.12. The van der Waals surface area contributed by atoms with Crippen molar-refractivity contribution in [1.82, 2.24) is 5.32 Å². The molecule has 3 fully saturated rings. The predicted octanol–water partition coefficient (Wildman–Crippen LogP) is -2.78. The molecule has 178 valence electrons. The van der Waals surface area contributed by atoms with E-state index in [0.717, 1.165) is 36.3 Å². The van der Waals surface area contributed by atoms with E-state index in [2.05, 4.69) is 17.2 Å². The van der Waals surface area contributed by atoms with Crippen LogP contribution in [0.25, 0.3) is 0 Å². The zero-order valence-electron chi connectivity index (χ0n) is 19.0. The van der Waals surface area contributed by atoms with E-state index >= 15 is 0 Å². The number of aliphatic hydroxyl groups is 2. The Labute approximate surface area is 188 Å². The number of quaternary nitrogens is 1. The smallest absolute Gasteiger partial charge is 0.293 e. The monoisotopic (exact) mass is 448 g/mol. The van der Waals surface area contributed by atoms with Crippen molar-refractivity contribution in [1.29, 1.82) is 0 Å². The fraction of sp³-hybridized carbons (Fsp3) is 0.783. The maximum absolute atomic E-state index is 12.2. The van der Waals surface area contributed by atoms with Crippen LogP contribution in [0.5, 0.6) is 0 Å². The second-order valence-electron chi connectivity index (χ2n) is 10.3. The van der Waals surface area contributed by atoms with Gasteiger partial charge < -0.3 is 31.2 Å². The zero-order valence-corrected chi connectivity index (χ0v) is 19.0. The Bertz CT molecular complexity index is 859. The highest BCUT2D eigenvalue weighted by atomic mass is 16.4. The van der Waals surface area contributed by atoms with Crippen molar-refractivity contribution in [2.75, 3.05) is 39.8 Å². The van der Waals surface area contributed by atoms with Crippen molar-refractivity contribution in [3.05, 3.63) is 11.1 Å². The predicted molar refractivity (Wildman–Crippen MR) is 115 cm³/mol. The Balaban J connectivity index is 1.91. The number of hydrogen-bond acceptors (Lipinski definition) is 7. The van der Waals surface area contributed by atoms with Crippen molar-refractivity contribution in [2.24, 2.45) is 39.3 Å². The molecule has 32 heavy (non-hydrogen) atoms. The number of carbonyl (C=O) groups excluding carboxylic acids is 2. The summed E-state index contributed by atoms with van der Waals surface area (Å²) in [5.41, 5.74) is 3.84. The highest BCUT2D eigenvalue weighted by Gasteiger charge is 2.75. The Morgan fingerprint density at radius 1 is 1.41 bits per heavy atom. The molecular formula is C23H36N4O5. The van der Waals surface area contributed by atoms with Gasteiger partial charge in [-0.1, -0.05) is 12.5 Å². The van der Waals surface area contributed by atoms with Gasteiger partial charge in [0.2, 0.25) is 0 Å². The molecule has 4 aliphatic rings. The van der Waals surface area contributed by atoms with Crippen LogP contribution >= 0.6 is 0 Å². The van der Waals surface area contributed by atoms with E-state index < -0.39 is 17.0 Å². The van der Waals surface area contributed by atoms with E-state index in [4.69, 9.17) is 5.73 Å². The Kier molecular flexibility index (Phi) is 5.98. The van der Waals surface area contributed by atoms with Crippen LogP contribution in [0.3, 0.4) is 0 Å². The molecule has 9 heteroatoms. The summed E-state index contributed by atoms with van der Waals surface area (Å²) in [4.78, 5) is 29.6. The molecule has 1 heterocycles. The quantitative estimate of drug-likeness (QED) is 0.128. The number of hydrogen-bond donors (Lipinski definition) is 5. The van der Waals surface area contributed by atoms with E-state index in [1.165, 1.54) is 0 Å². The highest BCUT2D eigenvalue weighted by Crippen LogP contribution is 2.76. The highest BCUT2D eigenvalue weighted by molar-refractivity contribution is 5.96. The minimum absolute atomic E-state index is 0.0440. The molecule has 4 rings (SSSR count). The second kappa shape index (κ2) is 8.20. The summed E-state index contributed by atoms with van der Waals surface area (Å²) in [6.45, 7) is 4.86. The van der Waals surface area contributed by atoms with Gasteiger partial charge in [0, 0.05) is 36.4 Å². The third kappa shape index (κ3) is 2.94. The maximum Gasteiger partial charge on any atom is 0.293 e. The minimum Gasteiger partial charge on any atom is -0.545 e. The number of guanidine groups is 1. The standard InChI is InChI=1S/C23H36N4O5/c1-14-3-4-15-9-17-18(19(30)31)21(32,13-29)11-22(14,17)23(15)12-27(20(24)25-2)7-5-16(23)10-26-6-8-28/h13-16,26,28,32H,3-12H2,1-2H3,(H2,24,25)(H,30,31). The number of rotatable bonds is 6. The summed E-state index contributed by atoms with van der Waals surface area (Å²) in [5, 5.41) is 36.1. The van der Waals surface area contributed by atoms with E-state index in [1.807, 2.05) is 0 Å². The first-order chi connectivity index (χ1) is 15.2. The lowest BCUT2D eigenvalue weighted by molar-refractivity contribution is -0.828. The van der Waals surface area contributed by atoms with Crippen molar-refractivity contribution in [2.45, 2.75) is 44.6 Å². The molecule has 0 radical (unpaired) electrons. The first kappa shape index (κ1) is 23.4. The van der Waals surface area contributed by atoms with Crippen LogP contribution in [-0.4, -0.2) is 73.9 Å². The number of nitrogens with one attached hydrogen (secondary N) is 2. The van der Waals surface area contributed by atoms with Crippen LogP contribution in [-0.2, 0) is 9.59 Å². The molecule has 1 saturated heterocycles. The number of allylic oxidation sites excluding steroid dienone is 1. The lowest BCUT2D eigenvalue weighted by Gasteiger charge is -2.60. The normalized spacial score (nSPS) is 43.6. The van der Waals surface area contributed by atoms with Gasteiger partial charge in [0.05, 0.1) is 25.7 Å². The number of nitrogens with zero attached hydrogens (tertiary/aromatic N) is 1. The molecule has 2 saturated carbocycles. The first-order valence-electron chi connectivity index (χ1n) is 11.7. The van der Waals surface area contributed by atoms with Gasteiger partial charge in [-0.3, -0.25) is 9.69 Å². The Hall–Kier alpha value is -1.81. The molecule has 2 spiro atoms. The molecule has 6 N–H and O–H groups in total. The third-order valence-corrected chi connectivity index (χ3v) is 9.33. The minimum atomic E-state index is -2.02. The second-order valence-corrected chi connectivity index (χ2v) is 10.3. The van der Waals surface area contributed by atoms with E-state index in [0.29, 0.717) is 38.3 Å². The van der Waals surface area contributed by atoms with Gasteiger partial charge in [-0.15, -0.1) is 0 Å². The average molecular weight is 449 g/mol. The number of aldehydes is 1. The summed E-state index contributed by atoms with van der Waals surface area (Å²) in [6, 6.07) is 0. The largest absolute Gasteiger partial charge is 0.545 e. The number of piperidine rings is 1. The molecule has 3 aliphatic carbocycles. The van der Waals surface area contributed by atoms with Gasteiger partial charge in [0.15, 0.2) is 6.29 Å². The number of likely N-dealkylation sites (tertiary alicyclic amines) is 1. The summed E-state index contributed by atoms with van der Waals surface area (Å²) in [7, 11) is 1.68. The summed E-state index contributed by atoms with van der Waals surface area (Å²) in [5.74, 6) is -0.357. The number of carboxylic acids is 1. The van der Waals surface area contributed by atoms with Gasteiger partial charge in [-0.05, 0) is 50.0 Å². The molecule has 1 aliphatic heterocycles. The summed E-state index contributed by atoms with van der Waals surface area (Å²) >= 11 is 0. The van der Waals surface area contributed by atoms with E-state index in [1.54, 1.807) is 7.05 Å². The number of aliphatic imine (C=N–C) groups is 1. The van der Waals surface area contributed by atoms with E-state index in [9.17, 15) is 24.9 Å². The molecule has 2 bridgehead atoms. The van der Waals surface area contributed by atoms with Crippen molar-refractivity contribution in [3.8, 4) is 0 Å². The van der Waals surface area contributed by atoms with Crippen LogP contribution in [0.4, 0.5) is 0 Å². The Morgan fingerprint density at radius 2 is 2.16 bits per heavy atom. The van der Waals surface area contributed by atoms with Crippen LogP contribution < -0.4 is 21.1 Å². The van der Waals surface area contributed by atoms with Crippen LogP contribution in [0.15, 0.2) is 16.1 Å². The lowest BCUT2D eigenvalue weighted by Crippen LogP contribution is -3.19. The lowest BCUT2D eigenvalue weighted by atomic mass is 9.45. The number of carbonyl (C=O) groups is 2. The molecule has 0 aromatic rings. The van der Waals surface area contributed by atoms with E-state index in [-0.39, 0.29) is 41.8 Å². The summed E-state index contributed by atoms with van der Waals surface area (Å²) in [6.07, 6.45) is 3.82. The summed E-state index contributed by atoms with van der Waals surface area (Å²) < 4.78 is 0. The molecule has 7 atom stereocenters. The first-order valence-corrected chi connectivity index (χ1v) is 11.7. The molecular weight excluding hydrogens is 412 g/mol. The Morgan fingerprint density at radius 3 is 2.78 bits per heavy atom. The fourth-order valence-electron chi connectivity index (χ4n) is 8.22. The van der Waals surface area contributed by atoms with Crippen LogP contribution in [0.2, 0.25) is 0 Å². The SMILES string of the molecule is CN=C(N)[NH+]1CCC(CNCCO)C2(C1)C1CCC(C)C23CC(O)(C=O)C(C(=O)[O-])=C3C1. The molecule has 0 aromatic heterocycles. The van der Waals surface area contributed by atoms with Gasteiger partial charge in [0.1, 0.15) is 5.60 Å². The van der Waals surface area contributed by atoms with Crippen LogP contribution in [0, 0.1) is 28.6 Å². The van der Waals surface area contributed by atoms with Gasteiger partial charge in [0.25, 0.3) is 5.96 Å². The number of nitrogens with two attached hydrogens (primary N) is 1. The molecule has 0 amide bonds. The topological polar surface area (TPSA) is 153 Å². The number of carboxylic acid groups (broad SMARTS) is 1. The fourth-order valence-corrected chi connectivity index (χ4v) is 8.22. The van der Waals surface area contributed by atoms with Crippen molar-refractivity contribution >= 4 is 18.2 Å². The van der Waals surface area contributed by atoms with Gasteiger partial charge >= 0.3 is 0 Å². The van der Waals surface area contributed by atoms with Crippen LogP contribution in [0.1, 0.15) is 39.0 Å². The van der Waals surface area contributed by atoms with Crippen molar-refractivity contribution in [3.63, 3.8) is 0 Å². The zero-order chi connectivity index (χ0) is 23.3. The number of aliphatic hydroxyl groups excluding tert-OH is 1. The molecule has 7 unspecified atom stereocenters. The molecule has 9 nitrogen and oxygen atoms in total. The number of aliphatic carboxylic acids is 1. The van der Waals surface area contributed by atoms with Gasteiger partial charge in [-0.25, -0.2) is 4.99 Å². The molecule has 0 aromatic carbocycles.